The van der Waals surface area contributed by atoms with Crippen molar-refractivity contribution in [3.63, 3.8) is 0 Å². The molecule has 28 heavy (non-hydrogen) atoms. The van der Waals surface area contributed by atoms with E-state index in [4.69, 9.17) is 16.3 Å². The number of hydrogen-bond donors (Lipinski definition) is 0. The molecular formula is C20H13ClF3NO3. The molecule has 4 nitrogen and oxygen atoms in total. The lowest BCUT2D eigenvalue weighted by Crippen LogP contribution is -2.37. The zero-order valence-electron chi connectivity index (χ0n) is 14.3. The average Bonchev–Trinajstić information content (AvgIpc) is 3.02. The molecule has 2 aromatic carbocycles. The van der Waals surface area contributed by atoms with Crippen molar-refractivity contribution in [1.82, 2.24) is 0 Å². The van der Waals surface area contributed by atoms with Crippen LogP contribution in [0.15, 0.2) is 59.8 Å². The summed E-state index contributed by atoms with van der Waals surface area (Å²) in [6.07, 6.45) is -4.52. The van der Waals surface area contributed by atoms with Crippen LogP contribution in [0.5, 0.6) is 0 Å². The summed E-state index contributed by atoms with van der Waals surface area (Å²) in [6, 6.07) is 11.1. The number of carbonyl (C=O) groups is 2. The third-order valence-corrected chi connectivity index (χ3v) is 5.06. The number of anilines is 1. The van der Waals surface area contributed by atoms with E-state index in [9.17, 15) is 22.8 Å². The van der Waals surface area contributed by atoms with E-state index in [1.807, 2.05) is 0 Å². The monoisotopic (exact) mass is 407 g/mol. The molecule has 1 atom stereocenters. The fourth-order valence-corrected chi connectivity index (χ4v) is 3.74. The zero-order chi connectivity index (χ0) is 20.1. The number of nitrogens with zero attached hydrogens (tertiary/aromatic N) is 1. The quantitative estimate of drug-likeness (QED) is 0.678. The second-order valence-corrected chi connectivity index (χ2v) is 6.96. The van der Waals surface area contributed by atoms with Crippen LogP contribution in [0.3, 0.4) is 0 Å². The topological polar surface area (TPSA) is 46.6 Å². The molecule has 1 amide bonds. The van der Waals surface area contributed by atoms with Crippen LogP contribution >= 0.6 is 11.6 Å². The summed E-state index contributed by atoms with van der Waals surface area (Å²) in [7, 11) is 0. The molecule has 0 fully saturated rings. The van der Waals surface area contributed by atoms with Crippen molar-refractivity contribution in [3.05, 3.63) is 76.0 Å². The van der Waals surface area contributed by atoms with Crippen molar-refractivity contribution in [2.24, 2.45) is 0 Å². The fraction of sp³-hybridized carbons (Fsp3) is 0.200. The number of benzene rings is 2. The molecule has 144 valence electrons. The van der Waals surface area contributed by atoms with Gasteiger partial charge in [0.15, 0.2) is 0 Å². The van der Waals surface area contributed by atoms with Gasteiger partial charge in [-0.1, -0.05) is 29.8 Å². The minimum Gasteiger partial charge on any atom is -0.456 e. The van der Waals surface area contributed by atoms with Crippen molar-refractivity contribution < 1.29 is 27.5 Å². The number of cyclic esters (lactones) is 1. The highest BCUT2D eigenvalue weighted by molar-refractivity contribution is 6.31. The molecule has 2 aliphatic heterocycles. The van der Waals surface area contributed by atoms with Gasteiger partial charge in [-0.25, -0.2) is 4.79 Å². The van der Waals surface area contributed by atoms with Gasteiger partial charge in [0.1, 0.15) is 6.61 Å². The van der Waals surface area contributed by atoms with Gasteiger partial charge < -0.3 is 4.74 Å². The minimum atomic E-state index is -4.46. The molecule has 0 bridgehead atoms. The Balaban J connectivity index is 1.77. The smallest absolute Gasteiger partial charge is 0.416 e. The lowest BCUT2D eigenvalue weighted by Gasteiger charge is -2.32. The maximum Gasteiger partial charge on any atom is 0.416 e. The number of halogens is 4. The summed E-state index contributed by atoms with van der Waals surface area (Å²) < 4.78 is 43.6. The molecule has 0 spiro atoms. The Labute approximate surface area is 163 Å². The van der Waals surface area contributed by atoms with E-state index in [0.717, 1.165) is 12.1 Å². The van der Waals surface area contributed by atoms with Gasteiger partial charge in [-0.05, 0) is 35.9 Å². The maximum atomic E-state index is 12.9. The van der Waals surface area contributed by atoms with Crippen LogP contribution in [0.2, 0.25) is 5.02 Å². The molecule has 2 aliphatic rings. The van der Waals surface area contributed by atoms with Crippen molar-refractivity contribution in [1.29, 1.82) is 0 Å². The Kier molecular flexibility index (Phi) is 4.42. The number of rotatable bonds is 2. The highest BCUT2D eigenvalue weighted by atomic mass is 35.5. The van der Waals surface area contributed by atoms with Crippen molar-refractivity contribution in [2.75, 3.05) is 11.5 Å². The average molecular weight is 408 g/mol. The number of esters is 1. The SMILES string of the molecule is O=C1OCC2=C1C(c1ccc(C(F)(F)F)cc1)CC(=O)N2c1cccc(Cl)c1. The lowest BCUT2D eigenvalue weighted by molar-refractivity contribution is -0.138. The Bertz CT molecular complexity index is 999. The predicted octanol–water partition coefficient (Wildman–Crippen LogP) is 4.69. The second kappa shape index (κ2) is 6.67. The van der Waals surface area contributed by atoms with Gasteiger partial charge in [0.2, 0.25) is 5.91 Å². The number of carbonyl (C=O) groups excluding carboxylic acids is 2. The molecule has 1 unspecified atom stereocenters. The van der Waals surface area contributed by atoms with E-state index in [-0.39, 0.29) is 18.9 Å². The molecule has 2 aromatic rings. The molecule has 0 aromatic heterocycles. The Hall–Kier alpha value is -2.80. The Morgan fingerprint density at radius 2 is 1.79 bits per heavy atom. The molecule has 0 radical (unpaired) electrons. The van der Waals surface area contributed by atoms with Crippen LogP contribution in [0, 0.1) is 0 Å². The van der Waals surface area contributed by atoms with Crippen LogP contribution in [-0.2, 0) is 20.5 Å². The van der Waals surface area contributed by atoms with E-state index in [1.165, 1.54) is 17.0 Å². The molecule has 4 rings (SSSR count). The number of alkyl halides is 3. The van der Waals surface area contributed by atoms with E-state index < -0.39 is 23.6 Å². The van der Waals surface area contributed by atoms with Crippen LogP contribution in [0.25, 0.3) is 0 Å². The first kappa shape index (κ1) is 18.6. The first-order chi connectivity index (χ1) is 13.3. The van der Waals surface area contributed by atoms with Crippen LogP contribution in [0.4, 0.5) is 18.9 Å². The minimum absolute atomic E-state index is 0.0637. The predicted molar refractivity (Wildman–Crippen MR) is 95.7 cm³/mol. The fourth-order valence-electron chi connectivity index (χ4n) is 3.56. The van der Waals surface area contributed by atoms with Crippen molar-refractivity contribution >= 4 is 29.2 Å². The summed E-state index contributed by atoms with van der Waals surface area (Å²) in [6.45, 7) is -0.0798. The zero-order valence-corrected chi connectivity index (χ0v) is 15.1. The number of amides is 1. The summed E-state index contributed by atoms with van der Waals surface area (Å²) in [5.41, 5.74) is 0.863. The number of hydrogen-bond acceptors (Lipinski definition) is 3. The van der Waals surface area contributed by atoms with Gasteiger partial charge >= 0.3 is 12.1 Å². The van der Waals surface area contributed by atoms with Gasteiger partial charge in [0.05, 0.1) is 22.5 Å². The van der Waals surface area contributed by atoms with Gasteiger partial charge in [0, 0.05) is 17.4 Å². The summed E-state index contributed by atoms with van der Waals surface area (Å²) in [5.74, 6) is -1.51. The first-order valence-corrected chi connectivity index (χ1v) is 8.79. The van der Waals surface area contributed by atoms with E-state index >= 15 is 0 Å². The standard InChI is InChI=1S/C20H13ClF3NO3/c21-13-2-1-3-14(8-13)25-16-10-28-19(27)18(16)15(9-17(25)26)11-4-6-12(7-5-11)20(22,23)24/h1-8,15H,9-10H2. The van der Waals surface area contributed by atoms with Crippen molar-refractivity contribution in [3.8, 4) is 0 Å². The third-order valence-electron chi connectivity index (χ3n) is 4.82. The van der Waals surface area contributed by atoms with Crippen molar-refractivity contribution in [2.45, 2.75) is 18.5 Å². The van der Waals surface area contributed by atoms with E-state index in [2.05, 4.69) is 0 Å². The highest BCUT2D eigenvalue weighted by Crippen LogP contribution is 2.42. The van der Waals surface area contributed by atoms with Crippen LogP contribution in [-0.4, -0.2) is 18.5 Å². The lowest BCUT2D eigenvalue weighted by atomic mass is 9.84. The molecule has 8 heteroatoms. The number of ether oxygens (including phenoxy) is 1. The van der Waals surface area contributed by atoms with Gasteiger partial charge in [-0.2, -0.15) is 13.2 Å². The molecule has 0 saturated carbocycles. The highest BCUT2D eigenvalue weighted by Gasteiger charge is 2.43. The summed E-state index contributed by atoms with van der Waals surface area (Å²) in [4.78, 5) is 26.6. The molecule has 0 N–H and O–H groups in total. The molecule has 2 heterocycles. The molecule has 0 saturated heterocycles. The normalized spacial score (nSPS) is 19.7. The second-order valence-electron chi connectivity index (χ2n) is 6.52. The van der Waals surface area contributed by atoms with Gasteiger partial charge in [0.25, 0.3) is 0 Å². The van der Waals surface area contributed by atoms with Crippen LogP contribution in [0.1, 0.15) is 23.5 Å². The van der Waals surface area contributed by atoms with Gasteiger partial charge in [-0.3, -0.25) is 9.69 Å². The summed E-state index contributed by atoms with van der Waals surface area (Å²) in [5, 5.41) is 0.433. The largest absolute Gasteiger partial charge is 0.456 e. The van der Waals surface area contributed by atoms with Gasteiger partial charge in [-0.15, -0.1) is 0 Å². The Morgan fingerprint density at radius 1 is 1.07 bits per heavy atom. The van der Waals surface area contributed by atoms with Crippen LogP contribution < -0.4 is 4.90 Å². The maximum absolute atomic E-state index is 12.9. The molecular weight excluding hydrogens is 395 g/mol. The summed E-state index contributed by atoms with van der Waals surface area (Å²) >= 11 is 6.02. The van der Waals surface area contributed by atoms with E-state index in [0.29, 0.717) is 27.5 Å². The first-order valence-electron chi connectivity index (χ1n) is 8.41. The molecule has 0 aliphatic carbocycles. The third kappa shape index (κ3) is 3.16. The Morgan fingerprint density at radius 3 is 2.43 bits per heavy atom. The van der Waals surface area contributed by atoms with E-state index in [1.54, 1.807) is 24.3 Å².